The van der Waals surface area contributed by atoms with Gasteiger partial charge in [-0.2, -0.15) is 5.10 Å². The van der Waals surface area contributed by atoms with Crippen molar-refractivity contribution in [3.63, 3.8) is 0 Å². The van der Waals surface area contributed by atoms with E-state index in [1.165, 1.54) is 0 Å². The molecule has 122 valence electrons. The highest BCUT2D eigenvalue weighted by Gasteiger charge is 2.18. The maximum atomic E-state index is 5.37. The summed E-state index contributed by atoms with van der Waals surface area (Å²) in [5, 5.41) is 4.59. The minimum absolute atomic E-state index is 0.642. The number of fused-ring (bicyclic) bond motifs is 1. The first-order chi connectivity index (χ1) is 12.3. The van der Waals surface area contributed by atoms with Gasteiger partial charge in [0.2, 0.25) is 0 Å². The lowest BCUT2D eigenvalue weighted by Crippen LogP contribution is -2.19. The number of hydrogen-bond donors (Lipinski definition) is 1. The van der Waals surface area contributed by atoms with E-state index in [-0.39, 0.29) is 0 Å². The summed E-state index contributed by atoms with van der Waals surface area (Å²) in [5.74, 6) is 1.39. The molecule has 2 aromatic heterocycles. The van der Waals surface area contributed by atoms with E-state index >= 15 is 0 Å². The molecule has 6 heteroatoms. The number of hydrazone groups is 1. The minimum Gasteiger partial charge on any atom is -0.497 e. The smallest absolute Gasteiger partial charge is 0.155 e. The lowest BCUT2D eigenvalue weighted by molar-refractivity contribution is 0.415. The quantitative estimate of drug-likeness (QED) is 0.802. The van der Waals surface area contributed by atoms with E-state index in [1.807, 2.05) is 42.5 Å². The largest absolute Gasteiger partial charge is 0.497 e. The SMILES string of the molecule is COc1ccc2c(c1)C(c1ccncc1)=NNC(c1cccnc1)=N2. The van der Waals surface area contributed by atoms with E-state index < -0.39 is 0 Å². The second-order valence-electron chi connectivity index (χ2n) is 5.39. The van der Waals surface area contributed by atoms with Gasteiger partial charge in [-0.05, 0) is 42.5 Å². The fourth-order valence-corrected chi connectivity index (χ4v) is 2.61. The number of amidine groups is 1. The van der Waals surface area contributed by atoms with E-state index in [4.69, 9.17) is 9.73 Å². The number of methoxy groups -OCH3 is 1. The zero-order valence-corrected chi connectivity index (χ0v) is 13.5. The monoisotopic (exact) mass is 329 g/mol. The molecule has 0 spiro atoms. The summed E-state index contributed by atoms with van der Waals surface area (Å²) >= 11 is 0. The Morgan fingerprint density at radius 3 is 2.56 bits per heavy atom. The normalized spacial score (nSPS) is 13.0. The summed E-state index contributed by atoms with van der Waals surface area (Å²) in [4.78, 5) is 13.0. The van der Waals surface area contributed by atoms with Crippen LogP contribution in [0.25, 0.3) is 0 Å². The lowest BCUT2D eigenvalue weighted by Gasteiger charge is -2.09. The van der Waals surface area contributed by atoms with Crippen LogP contribution < -0.4 is 10.2 Å². The second kappa shape index (κ2) is 6.52. The highest BCUT2D eigenvalue weighted by Crippen LogP contribution is 2.29. The zero-order valence-electron chi connectivity index (χ0n) is 13.5. The van der Waals surface area contributed by atoms with Gasteiger partial charge < -0.3 is 4.74 Å². The minimum atomic E-state index is 0.642. The van der Waals surface area contributed by atoms with Gasteiger partial charge in [-0.3, -0.25) is 15.4 Å². The maximum Gasteiger partial charge on any atom is 0.155 e. The summed E-state index contributed by atoms with van der Waals surface area (Å²) in [5.41, 5.74) is 7.35. The molecule has 25 heavy (non-hydrogen) atoms. The van der Waals surface area contributed by atoms with Crippen LogP contribution >= 0.6 is 0 Å². The number of aliphatic imine (C=N–C) groups is 1. The molecule has 0 amide bonds. The van der Waals surface area contributed by atoms with E-state index in [2.05, 4.69) is 20.5 Å². The maximum absolute atomic E-state index is 5.37. The van der Waals surface area contributed by atoms with Gasteiger partial charge in [0.05, 0.1) is 12.8 Å². The van der Waals surface area contributed by atoms with Crippen molar-refractivity contribution in [2.45, 2.75) is 0 Å². The summed E-state index contributed by atoms with van der Waals surface area (Å²) in [6.45, 7) is 0. The summed E-state index contributed by atoms with van der Waals surface area (Å²) in [7, 11) is 1.64. The van der Waals surface area contributed by atoms with E-state index in [9.17, 15) is 0 Å². The van der Waals surface area contributed by atoms with Crippen LogP contribution in [0.4, 0.5) is 5.69 Å². The van der Waals surface area contributed by atoms with Crippen LogP contribution in [-0.2, 0) is 0 Å². The van der Waals surface area contributed by atoms with Crippen LogP contribution in [0.1, 0.15) is 16.7 Å². The Bertz CT molecular complexity index is 952. The van der Waals surface area contributed by atoms with Gasteiger partial charge in [-0.1, -0.05) is 0 Å². The molecular formula is C19H15N5O. The van der Waals surface area contributed by atoms with Crippen molar-refractivity contribution < 1.29 is 4.74 Å². The van der Waals surface area contributed by atoms with Gasteiger partial charge in [0.25, 0.3) is 0 Å². The first-order valence-corrected chi connectivity index (χ1v) is 7.77. The standard InChI is InChI=1S/C19H15N5O/c1-25-15-4-5-17-16(11-15)18(13-6-9-20-10-7-13)23-24-19(22-17)14-3-2-8-21-12-14/h2-12H,1H3,(H,22,24). The Morgan fingerprint density at radius 2 is 1.80 bits per heavy atom. The molecule has 1 N–H and O–H groups in total. The molecule has 3 aromatic rings. The average molecular weight is 329 g/mol. The molecule has 1 aliphatic rings. The van der Waals surface area contributed by atoms with Gasteiger partial charge in [-0.25, -0.2) is 4.99 Å². The van der Waals surface area contributed by atoms with E-state index in [0.717, 1.165) is 33.8 Å². The van der Waals surface area contributed by atoms with Crippen molar-refractivity contribution in [3.8, 4) is 5.75 Å². The molecule has 0 bridgehead atoms. The number of ether oxygens (including phenoxy) is 1. The highest BCUT2D eigenvalue weighted by atomic mass is 16.5. The van der Waals surface area contributed by atoms with Crippen molar-refractivity contribution in [1.29, 1.82) is 0 Å². The molecule has 1 aromatic carbocycles. The molecule has 0 unspecified atom stereocenters. The molecule has 3 heterocycles. The number of rotatable bonds is 3. The Hall–Kier alpha value is -3.54. The number of nitrogens with zero attached hydrogens (tertiary/aromatic N) is 4. The summed E-state index contributed by atoms with van der Waals surface area (Å²) in [6.07, 6.45) is 6.96. The van der Waals surface area contributed by atoms with Crippen LogP contribution in [-0.4, -0.2) is 28.6 Å². The predicted octanol–water partition coefficient (Wildman–Crippen LogP) is 2.92. The molecular weight excluding hydrogens is 314 g/mol. The second-order valence-corrected chi connectivity index (χ2v) is 5.39. The molecule has 0 saturated heterocycles. The van der Waals surface area contributed by atoms with Gasteiger partial charge in [0.1, 0.15) is 11.5 Å². The Labute approximate surface area is 144 Å². The van der Waals surface area contributed by atoms with Crippen LogP contribution in [0, 0.1) is 0 Å². The Kier molecular flexibility index (Phi) is 3.92. The Balaban J connectivity index is 1.89. The molecule has 6 nitrogen and oxygen atoms in total. The first-order valence-electron chi connectivity index (χ1n) is 7.77. The van der Waals surface area contributed by atoms with Crippen LogP contribution in [0.5, 0.6) is 5.75 Å². The third-order valence-electron chi connectivity index (χ3n) is 3.85. The fraction of sp³-hybridized carbons (Fsp3) is 0.0526. The first kappa shape index (κ1) is 15.0. The zero-order chi connectivity index (χ0) is 17.1. The van der Waals surface area contributed by atoms with Crippen molar-refractivity contribution in [1.82, 2.24) is 15.4 Å². The van der Waals surface area contributed by atoms with Crippen molar-refractivity contribution >= 4 is 17.2 Å². The van der Waals surface area contributed by atoms with Crippen molar-refractivity contribution in [2.75, 3.05) is 7.11 Å². The summed E-state index contributed by atoms with van der Waals surface area (Å²) in [6, 6.07) is 13.4. The third kappa shape index (κ3) is 2.97. The van der Waals surface area contributed by atoms with E-state index in [0.29, 0.717) is 5.84 Å². The number of pyridine rings is 2. The topological polar surface area (TPSA) is 71.8 Å². The molecule has 4 rings (SSSR count). The predicted molar refractivity (Wildman–Crippen MR) is 96.4 cm³/mol. The van der Waals surface area contributed by atoms with E-state index in [1.54, 1.807) is 31.9 Å². The van der Waals surface area contributed by atoms with Gasteiger partial charge in [0, 0.05) is 41.5 Å². The summed E-state index contributed by atoms with van der Waals surface area (Å²) < 4.78 is 5.37. The highest BCUT2D eigenvalue weighted by molar-refractivity contribution is 6.18. The lowest BCUT2D eigenvalue weighted by atomic mass is 10.0. The molecule has 1 aliphatic heterocycles. The van der Waals surface area contributed by atoms with Crippen LogP contribution in [0.15, 0.2) is 77.3 Å². The number of benzene rings is 1. The number of aromatic nitrogens is 2. The van der Waals surface area contributed by atoms with Crippen LogP contribution in [0.3, 0.4) is 0 Å². The van der Waals surface area contributed by atoms with Gasteiger partial charge >= 0.3 is 0 Å². The van der Waals surface area contributed by atoms with Gasteiger partial charge in [0.15, 0.2) is 5.84 Å². The van der Waals surface area contributed by atoms with Gasteiger partial charge in [-0.15, -0.1) is 0 Å². The Morgan fingerprint density at radius 1 is 0.920 bits per heavy atom. The average Bonchev–Trinajstić information content (AvgIpc) is 2.88. The number of hydrogen-bond acceptors (Lipinski definition) is 6. The fourth-order valence-electron chi connectivity index (χ4n) is 2.61. The molecule has 0 aliphatic carbocycles. The van der Waals surface area contributed by atoms with Crippen LogP contribution in [0.2, 0.25) is 0 Å². The molecule has 0 saturated carbocycles. The van der Waals surface area contributed by atoms with Crippen molar-refractivity contribution in [2.24, 2.45) is 10.1 Å². The molecule has 0 atom stereocenters. The molecule has 0 fully saturated rings. The number of nitrogens with one attached hydrogen (secondary N) is 1. The molecule has 0 radical (unpaired) electrons. The third-order valence-corrected chi connectivity index (χ3v) is 3.85. The van der Waals surface area contributed by atoms with Crippen molar-refractivity contribution in [3.05, 3.63) is 83.9 Å².